The zero-order valence-electron chi connectivity index (χ0n) is 14.7. The Labute approximate surface area is 160 Å². The molecule has 0 aliphatic carbocycles. The van der Waals surface area contributed by atoms with Gasteiger partial charge in [0.15, 0.2) is 0 Å². The average molecular weight is 387 g/mol. The van der Waals surface area contributed by atoms with Crippen LogP contribution in [-0.2, 0) is 17.8 Å². The SMILES string of the molecule is O=C(Cc1ccco1)N1CCN(Cc2nc3ccc(Cl)cc3c(=O)[nH]2)CC1. The van der Waals surface area contributed by atoms with E-state index in [4.69, 9.17) is 16.0 Å². The van der Waals surface area contributed by atoms with Gasteiger partial charge in [0.25, 0.3) is 5.56 Å². The Morgan fingerprint density at radius 2 is 2.04 bits per heavy atom. The normalized spacial score (nSPS) is 15.4. The number of furan rings is 1. The quantitative estimate of drug-likeness (QED) is 0.742. The van der Waals surface area contributed by atoms with Crippen LogP contribution in [0.2, 0.25) is 5.02 Å². The van der Waals surface area contributed by atoms with E-state index in [0.29, 0.717) is 47.1 Å². The fraction of sp³-hybridized carbons (Fsp3) is 0.316. The second-order valence-corrected chi connectivity index (χ2v) is 7.02. The van der Waals surface area contributed by atoms with E-state index in [-0.39, 0.29) is 17.9 Å². The highest BCUT2D eigenvalue weighted by Gasteiger charge is 2.22. The minimum absolute atomic E-state index is 0.0683. The highest BCUT2D eigenvalue weighted by Crippen LogP contribution is 2.15. The summed E-state index contributed by atoms with van der Waals surface area (Å²) >= 11 is 5.94. The number of aromatic amines is 1. The van der Waals surface area contributed by atoms with Crippen molar-refractivity contribution < 1.29 is 9.21 Å². The molecule has 0 radical (unpaired) electrons. The first-order valence-corrected chi connectivity index (χ1v) is 9.17. The van der Waals surface area contributed by atoms with E-state index >= 15 is 0 Å². The number of hydrogen-bond acceptors (Lipinski definition) is 5. The Bertz CT molecular complexity index is 1010. The van der Waals surface area contributed by atoms with Crippen molar-refractivity contribution in [3.63, 3.8) is 0 Å². The maximum atomic E-state index is 12.3. The highest BCUT2D eigenvalue weighted by atomic mass is 35.5. The number of halogens is 1. The molecule has 1 N–H and O–H groups in total. The summed E-state index contributed by atoms with van der Waals surface area (Å²) in [5, 5.41) is 0.998. The number of amides is 1. The van der Waals surface area contributed by atoms with Crippen LogP contribution in [0.15, 0.2) is 45.8 Å². The fourth-order valence-electron chi connectivity index (χ4n) is 3.28. The first-order valence-electron chi connectivity index (χ1n) is 8.79. The van der Waals surface area contributed by atoms with Crippen molar-refractivity contribution >= 4 is 28.4 Å². The fourth-order valence-corrected chi connectivity index (χ4v) is 3.45. The molecule has 1 aromatic carbocycles. The van der Waals surface area contributed by atoms with E-state index in [9.17, 15) is 9.59 Å². The Morgan fingerprint density at radius 3 is 2.78 bits per heavy atom. The molecule has 1 aliphatic heterocycles. The molecule has 1 fully saturated rings. The van der Waals surface area contributed by atoms with Crippen molar-refractivity contribution in [2.75, 3.05) is 26.2 Å². The molecular formula is C19H19ClN4O3. The van der Waals surface area contributed by atoms with Gasteiger partial charge in [0.05, 0.1) is 30.1 Å². The molecule has 3 heterocycles. The van der Waals surface area contributed by atoms with E-state index in [1.807, 2.05) is 11.0 Å². The van der Waals surface area contributed by atoms with Gasteiger partial charge < -0.3 is 14.3 Å². The van der Waals surface area contributed by atoms with Crippen LogP contribution in [0.25, 0.3) is 10.9 Å². The summed E-state index contributed by atoms with van der Waals surface area (Å²) in [6.45, 7) is 3.28. The van der Waals surface area contributed by atoms with E-state index in [2.05, 4.69) is 14.9 Å². The predicted octanol–water partition coefficient (Wildman–Crippen LogP) is 2.06. The Hall–Kier alpha value is -2.64. The molecule has 27 heavy (non-hydrogen) atoms. The number of H-pyrrole nitrogens is 1. The second-order valence-electron chi connectivity index (χ2n) is 6.59. The van der Waals surface area contributed by atoms with Crippen LogP contribution >= 0.6 is 11.6 Å². The maximum Gasteiger partial charge on any atom is 0.258 e. The molecule has 4 rings (SSSR count). The number of nitrogens with one attached hydrogen (secondary N) is 1. The molecular weight excluding hydrogens is 368 g/mol. The van der Waals surface area contributed by atoms with Crippen molar-refractivity contribution in [2.45, 2.75) is 13.0 Å². The van der Waals surface area contributed by atoms with Crippen molar-refractivity contribution in [1.29, 1.82) is 0 Å². The molecule has 1 amide bonds. The first-order chi connectivity index (χ1) is 13.1. The van der Waals surface area contributed by atoms with Gasteiger partial charge in [-0.3, -0.25) is 14.5 Å². The number of nitrogens with zero attached hydrogens (tertiary/aromatic N) is 3. The molecule has 1 aliphatic rings. The van der Waals surface area contributed by atoms with Gasteiger partial charge in [0.2, 0.25) is 5.91 Å². The standard InChI is InChI=1S/C19H19ClN4O3/c20-13-3-4-16-15(10-13)19(26)22-17(21-16)12-23-5-7-24(8-6-23)18(25)11-14-2-1-9-27-14/h1-4,9-10H,5-8,11-12H2,(H,21,22,26). The summed E-state index contributed by atoms with van der Waals surface area (Å²) in [6.07, 6.45) is 1.86. The Balaban J connectivity index is 1.38. The molecule has 0 unspecified atom stereocenters. The molecule has 0 bridgehead atoms. The third-order valence-electron chi connectivity index (χ3n) is 4.72. The van der Waals surface area contributed by atoms with E-state index in [0.717, 1.165) is 13.1 Å². The van der Waals surface area contributed by atoms with Gasteiger partial charge in [0.1, 0.15) is 11.6 Å². The minimum Gasteiger partial charge on any atom is -0.469 e. The van der Waals surface area contributed by atoms with Crippen LogP contribution in [0.1, 0.15) is 11.6 Å². The van der Waals surface area contributed by atoms with Crippen LogP contribution in [0.3, 0.4) is 0 Å². The van der Waals surface area contributed by atoms with Crippen molar-refractivity contribution in [1.82, 2.24) is 19.8 Å². The number of benzene rings is 1. The number of aromatic nitrogens is 2. The number of carbonyl (C=O) groups is 1. The molecule has 0 saturated carbocycles. The lowest BCUT2D eigenvalue weighted by molar-refractivity contribution is -0.132. The molecule has 140 valence electrons. The van der Waals surface area contributed by atoms with Gasteiger partial charge in [-0.1, -0.05) is 11.6 Å². The molecule has 0 spiro atoms. The van der Waals surface area contributed by atoms with Gasteiger partial charge in [0, 0.05) is 31.2 Å². The minimum atomic E-state index is -0.190. The number of carbonyl (C=O) groups excluding carboxylic acids is 1. The number of fused-ring (bicyclic) bond motifs is 1. The van der Waals surface area contributed by atoms with Gasteiger partial charge in [-0.2, -0.15) is 0 Å². The summed E-state index contributed by atoms with van der Waals surface area (Å²) in [7, 11) is 0. The van der Waals surface area contributed by atoms with Crippen LogP contribution in [-0.4, -0.2) is 51.9 Å². The van der Waals surface area contributed by atoms with Crippen LogP contribution in [0.5, 0.6) is 0 Å². The summed E-state index contributed by atoms with van der Waals surface area (Å²) in [5.41, 5.74) is 0.440. The summed E-state index contributed by atoms with van der Waals surface area (Å²) in [4.78, 5) is 36.0. The van der Waals surface area contributed by atoms with Crippen molar-refractivity contribution in [3.8, 4) is 0 Å². The van der Waals surface area contributed by atoms with Gasteiger partial charge in [-0.15, -0.1) is 0 Å². The van der Waals surface area contributed by atoms with E-state index in [1.165, 1.54) is 0 Å². The summed E-state index contributed by atoms with van der Waals surface area (Å²) in [5.74, 6) is 1.37. The third-order valence-corrected chi connectivity index (χ3v) is 4.96. The second kappa shape index (κ2) is 7.54. The maximum absolute atomic E-state index is 12.3. The lowest BCUT2D eigenvalue weighted by atomic mass is 10.2. The van der Waals surface area contributed by atoms with Crippen LogP contribution in [0.4, 0.5) is 0 Å². The monoisotopic (exact) mass is 386 g/mol. The highest BCUT2D eigenvalue weighted by molar-refractivity contribution is 6.31. The molecule has 3 aromatic rings. The topological polar surface area (TPSA) is 82.4 Å². The predicted molar refractivity (Wildman–Crippen MR) is 102 cm³/mol. The smallest absolute Gasteiger partial charge is 0.258 e. The largest absolute Gasteiger partial charge is 0.469 e. The molecule has 2 aromatic heterocycles. The van der Waals surface area contributed by atoms with Crippen LogP contribution < -0.4 is 5.56 Å². The zero-order chi connectivity index (χ0) is 18.8. The number of hydrogen-bond donors (Lipinski definition) is 1. The van der Waals surface area contributed by atoms with Gasteiger partial charge in [-0.05, 0) is 30.3 Å². The summed E-state index contributed by atoms with van der Waals surface area (Å²) < 4.78 is 5.24. The molecule has 7 nitrogen and oxygen atoms in total. The molecule has 1 saturated heterocycles. The van der Waals surface area contributed by atoms with Gasteiger partial charge >= 0.3 is 0 Å². The Kier molecular flexibility index (Phi) is 4.96. The molecule has 8 heteroatoms. The van der Waals surface area contributed by atoms with Gasteiger partial charge in [-0.25, -0.2) is 4.98 Å². The molecule has 0 atom stereocenters. The lowest BCUT2D eigenvalue weighted by Gasteiger charge is -2.34. The van der Waals surface area contributed by atoms with E-state index in [1.54, 1.807) is 30.5 Å². The van der Waals surface area contributed by atoms with Crippen molar-refractivity contribution in [2.24, 2.45) is 0 Å². The van der Waals surface area contributed by atoms with Crippen LogP contribution in [0, 0.1) is 0 Å². The van der Waals surface area contributed by atoms with E-state index < -0.39 is 0 Å². The third kappa shape index (κ3) is 4.04. The Morgan fingerprint density at radius 1 is 1.22 bits per heavy atom. The number of piperazine rings is 1. The number of rotatable bonds is 4. The summed E-state index contributed by atoms with van der Waals surface area (Å²) in [6, 6.07) is 8.69. The van der Waals surface area contributed by atoms with Crippen molar-refractivity contribution in [3.05, 3.63) is 63.6 Å². The first kappa shape index (κ1) is 17.8. The average Bonchev–Trinajstić information content (AvgIpc) is 3.16. The lowest BCUT2D eigenvalue weighted by Crippen LogP contribution is -2.48. The zero-order valence-corrected chi connectivity index (χ0v) is 15.4.